The van der Waals surface area contributed by atoms with Gasteiger partial charge in [-0.05, 0) is 266 Å². The van der Waals surface area contributed by atoms with Crippen LogP contribution in [-0.4, -0.2) is 22.8 Å². The van der Waals surface area contributed by atoms with E-state index in [1.54, 1.807) is 0 Å². The zero-order valence-electron chi connectivity index (χ0n) is 75.6. The number of fused-ring (bicyclic) bond motifs is 15. The Morgan fingerprint density at radius 3 is 0.543 bits per heavy atom. The molecule has 0 unspecified atom stereocenters. The highest BCUT2D eigenvalue weighted by Crippen LogP contribution is 2.46. The van der Waals surface area contributed by atoms with Crippen LogP contribution in [0.3, 0.4) is 0 Å². The molecule has 0 N–H and O–H groups in total. The molecule has 0 bridgehead atoms. The van der Waals surface area contributed by atoms with Crippen molar-refractivity contribution < 1.29 is 0 Å². The minimum absolute atomic E-state index is 1.10. The van der Waals surface area contributed by atoms with Crippen LogP contribution < -0.4 is 4.90 Å². The highest BCUT2D eigenvalue weighted by Gasteiger charge is 2.23. The van der Waals surface area contributed by atoms with Crippen molar-refractivity contribution in [2.75, 3.05) is 4.90 Å². The lowest BCUT2D eigenvalue weighted by Gasteiger charge is -2.27. The van der Waals surface area contributed by atoms with Gasteiger partial charge in [-0.1, -0.05) is 358 Å². The molecule has 648 valence electrons. The first kappa shape index (κ1) is 81.6. The smallest absolute Gasteiger partial charge is 0.0541 e. The Hall–Kier alpha value is -18.4. The van der Waals surface area contributed by atoms with E-state index in [0.29, 0.717) is 0 Å². The topological polar surface area (TPSA) is 27.9 Å². The second-order valence-electron chi connectivity index (χ2n) is 35.5. The molecular formula is C132H90N6. The molecule has 0 atom stereocenters. The van der Waals surface area contributed by atoms with E-state index in [1.165, 1.54) is 204 Å². The summed E-state index contributed by atoms with van der Waals surface area (Å²) in [6.45, 7) is 0. The van der Waals surface area contributed by atoms with Gasteiger partial charge >= 0.3 is 0 Å². The Balaban J connectivity index is 0.000000111. The number of anilines is 3. The van der Waals surface area contributed by atoms with Crippen LogP contribution in [0.2, 0.25) is 0 Å². The van der Waals surface area contributed by atoms with Crippen molar-refractivity contribution in [1.29, 1.82) is 0 Å². The zero-order chi connectivity index (χ0) is 91.4. The summed E-state index contributed by atoms with van der Waals surface area (Å²) in [6, 6.07) is 197. The van der Waals surface area contributed by atoms with Gasteiger partial charge in [-0.15, -0.1) is 0 Å². The van der Waals surface area contributed by atoms with Gasteiger partial charge in [0, 0.05) is 99.4 Å². The minimum atomic E-state index is 1.10. The highest BCUT2D eigenvalue weighted by molar-refractivity contribution is 6.16. The molecule has 27 aromatic rings. The van der Waals surface area contributed by atoms with Crippen LogP contribution >= 0.6 is 0 Å². The molecule has 0 saturated heterocycles. The fourth-order valence-electron chi connectivity index (χ4n) is 20.9. The van der Waals surface area contributed by atoms with E-state index in [0.717, 1.165) is 28.4 Å². The number of nitrogens with zero attached hydrogens (tertiary/aromatic N) is 6. The first-order valence-corrected chi connectivity index (χ1v) is 47.3. The third-order valence-corrected chi connectivity index (χ3v) is 27.4. The van der Waals surface area contributed by atoms with Crippen molar-refractivity contribution in [3.63, 3.8) is 0 Å². The molecule has 5 heterocycles. The van der Waals surface area contributed by atoms with Crippen LogP contribution in [0.25, 0.3) is 215 Å². The molecule has 138 heavy (non-hydrogen) atoms. The average Bonchev–Trinajstić information content (AvgIpc) is 1.59. The highest BCUT2D eigenvalue weighted by atomic mass is 15.1. The third-order valence-electron chi connectivity index (χ3n) is 27.4. The van der Waals surface area contributed by atoms with Gasteiger partial charge in [0.25, 0.3) is 0 Å². The minimum Gasteiger partial charge on any atom is -0.310 e. The van der Waals surface area contributed by atoms with Gasteiger partial charge in [-0.25, -0.2) is 0 Å². The molecular weight excluding hydrogens is 1670 g/mol. The first-order chi connectivity index (χ1) is 68.5. The molecule has 0 radical (unpaired) electrons. The van der Waals surface area contributed by atoms with E-state index < -0.39 is 0 Å². The molecule has 22 aromatic carbocycles. The molecule has 0 spiro atoms. The maximum absolute atomic E-state index is 2.39. The molecule has 0 aliphatic rings. The predicted molar refractivity (Wildman–Crippen MR) is 584 cm³/mol. The van der Waals surface area contributed by atoms with Crippen molar-refractivity contribution in [3.8, 4) is 106 Å². The van der Waals surface area contributed by atoms with Crippen molar-refractivity contribution in [3.05, 3.63) is 546 Å². The van der Waals surface area contributed by atoms with Crippen molar-refractivity contribution in [2.24, 2.45) is 0 Å². The summed E-state index contributed by atoms with van der Waals surface area (Å²) >= 11 is 0. The number of rotatable bonds is 15. The predicted octanol–water partition coefficient (Wildman–Crippen LogP) is 35.7. The fourth-order valence-corrected chi connectivity index (χ4v) is 20.9. The monoisotopic (exact) mass is 1760 g/mol. The summed E-state index contributed by atoms with van der Waals surface area (Å²) in [7, 11) is 0. The second kappa shape index (κ2) is 35.3. The van der Waals surface area contributed by atoms with E-state index in [1.807, 2.05) is 0 Å². The van der Waals surface area contributed by atoms with Gasteiger partial charge in [0.15, 0.2) is 0 Å². The van der Waals surface area contributed by atoms with Gasteiger partial charge in [-0.2, -0.15) is 0 Å². The molecule has 5 aromatic heterocycles. The fraction of sp³-hybridized carbons (Fsp3) is 0. The molecule has 6 nitrogen and oxygen atoms in total. The summed E-state index contributed by atoms with van der Waals surface area (Å²) in [5.74, 6) is 0. The standard InChI is InChI=1S/C48H32N2.C48H34N2.C36H24N2/c1-3-11-33(12-4-1)35-19-25-39(26-20-35)49-45-17-9-7-15-41(45)43-31-37(23-29-47(43)49)38-24-30-48-44(32-38)42-16-8-10-18-46(42)50(48)40-27-21-36(22-28-40)34-13-5-2-6-14-34;1-4-14-35(15-5-1)38-18-12-22-43(32-38)49(44-23-13-19-39(33-44)36-16-6-2-7-17-36)42-29-26-37(27-30-42)40-28-31-48-46(34-40)45-24-10-11-25-47(45)50(48)41-20-8-3-9-21-41;1-3-11-27(12-4-1)37-33-17-9-7-15-29(33)31-23-25(19-21-35(31)37)26-20-22-36-32(24-26)30-16-8-10-18-34(30)38(36)28-13-5-2-6-14-28/h1-32H;1-34H;1-24H. The average molecular weight is 1760 g/mol. The van der Waals surface area contributed by atoms with E-state index >= 15 is 0 Å². The second-order valence-corrected chi connectivity index (χ2v) is 35.5. The summed E-state index contributed by atoms with van der Waals surface area (Å²) in [5.41, 5.74) is 38.3. The summed E-state index contributed by atoms with van der Waals surface area (Å²) in [4.78, 5) is 2.36. The molecule has 0 saturated carbocycles. The molecule has 27 rings (SSSR count). The number of hydrogen-bond acceptors (Lipinski definition) is 1. The number of hydrogen-bond donors (Lipinski definition) is 0. The number of para-hydroxylation sites is 8. The molecule has 0 amide bonds. The Kier molecular flexibility index (Phi) is 20.9. The van der Waals surface area contributed by atoms with Crippen LogP contribution in [-0.2, 0) is 0 Å². The molecule has 6 heteroatoms. The van der Waals surface area contributed by atoms with E-state index in [9.17, 15) is 0 Å². The molecule has 0 fully saturated rings. The van der Waals surface area contributed by atoms with Crippen LogP contribution in [0.1, 0.15) is 0 Å². The summed E-state index contributed by atoms with van der Waals surface area (Å²) in [5, 5.41) is 12.6. The Labute approximate surface area is 800 Å². The summed E-state index contributed by atoms with van der Waals surface area (Å²) in [6.07, 6.45) is 0. The largest absolute Gasteiger partial charge is 0.310 e. The van der Waals surface area contributed by atoms with Gasteiger partial charge in [-0.3, -0.25) is 0 Å². The lowest BCUT2D eigenvalue weighted by molar-refractivity contribution is 1.18. The van der Waals surface area contributed by atoms with E-state index in [2.05, 4.69) is 574 Å². The van der Waals surface area contributed by atoms with Crippen LogP contribution in [0.4, 0.5) is 17.1 Å². The lowest BCUT2D eigenvalue weighted by Crippen LogP contribution is -2.10. The number of aromatic nitrogens is 5. The normalized spacial score (nSPS) is 11.5. The van der Waals surface area contributed by atoms with Gasteiger partial charge in [0.05, 0.1) is 55.2 Å². The molecule has 0 aliphatic carbocycles. The Bertz CT molecular complexity index is 8760. The first-order valence-electron chi connectivity index (χ1n) is 47.3. The third kappa shape index (κ3) is 14.9. The Morgan fingerprint density at radius 2 is 0.275 bits per heavy atom. The van der Waals surface area contributed by atoms with Gasteiger partial charge < -0.3 is 27.7 Å². The van der Waals surface area contributed by atoms with Crippen molar-refractivity contribution >= 4 is 126 Å². The van der Waals surface area contributed by atoms with Crippen molar-refractivity contribution in [1.82, 2.24) is 22.8 Å². The van der Waals surface area contributed by atoms with Gasteiger partial charge in [0.1, 0.15) is 0 Å². The van der Waals surface area contributed by atoms with Crippen LogP contribution in [0, 0.1) is 0 Å². The Morgan fingerprint density at radius 1 is 0.101 bits per heavy atom. The van der Waals surface area contributed by atoms with Gasteiger partial charge in [0.2, 0.25) is 0 Å². The SMILES string of the molecule is c1ccc(-c2ccc(-n3c4ccccc4c4cc(-c5ccc6c(c5)c5ccccc5n6-c5ccc(-c6ccccc6)cc5)ccc43)cc2)cc1.c1ccc(-c2cccc(N(c3ccc(-c4ccc5c(c4)c4ccccc4n5-c4ccccc4)cc3)c3cccc(-c4ccccc4)c3)c2)cc1.c1ccc(-n2c3ccccc3c3cc(-c4ccc5c(c4)c4ccccc4n5-c4ccccc4)ccc32)cc1. The maximum atomic E-state index is 2.39. The van der Waals surface area contributed by atoms with Crippen molar-refractivity contribution in [2.45, 2.75) is 0 Å². The summed E-state index contributed by atoms with van der Waals surface area (Å²) < 4.78 is 11.9. The van der Waals surface area contributed by atoms with Crippen LogP contribution in [0.15, 0.2) is 546 Å². The number of benzene rings is 22. The maximum Gasteiger partial charge on any atom is 0.0541 e. The zero-order valence-corrected chi connectivity index (χ0v) is 75.6. The molecule has 0 aliphatic heterocycles. The van der Waals surface area contributed by atoms with Crippen LogP contribution in [0.5, 0.6) is 0 Å². The lowest BCUT2D eigenvalue weighted by atomic mass is 10.0. The van der Waals surface area contributed by atoms with E-state index in [-0.39, 0.29) is 0 Å². The van der Waals surface area contributed by atoms with E-state index in [4.69, 9.17) is 0 Å². The quantitative estimate of drug-likeness (QED) is 0.101.